The van der Waals surface area contributed by atoms with Gasteiger partial charge < -0.3 is 10.5 Å². The van der Waals surface area contributed by atoms with Crippen LogP contribution in [0.1, 0.15) is 0 Å². The van der Waals surface area contributed by atoms with Crippen LogP contribution in [0.5, 0.6) is 5.75 Å². The highest BCUT2D eigenvalue weighted by molar-refractivity contribution is 7.99. The van der Waals surface area contributed by atoms with Crippen LogP contribution in [0, 0.1) is 0 Å². The smallest absolute Gasteiger partial charge is 0.137 e. The SMILES string of the molecule is Nc1ccc(SCCOc2ccccc2Cl)c(Cl)c1. The Hall–Kier alpha value is -1.03. The van der Waals surface area contributed by atoms with Gasteiger partial charge in [0.1, 0.15) is 5.75 Å². The van der Waals surface area contributed by atoms with Crippen molar-refractivity contribution in [2.24, 2.45) is 0 Å². The normalized spacial score (nSPS) is 10.4. The number of halogens is 2. The van der Waals surface area contributed by atoms with Crippen molar-refractivity contribution < 1.29 is 4.74 Å². The van der Waals surface area contributed by atoms with E-state index in [9.17, 15) is 0 Å². The lowest BCUT2D eigenvalue weighted by Crippen LogP contribution is -2.00. The summed E-state index contributed by atoms with van der Waals surface area (Å²) in [4.78, 5) is 0.999. The Morgan fingerprint density at radius 3 is 2.58 bits per heavy atom. The molecule has 0 aliphatic carbocycles. The molecule has 0 radical (unpaired) electrons. The standard InChI is InChI=1S/C14H13Cl2NOS/c15-11-3-1-2-4-13(11)18-7-8-19-14-6-5-10(17)9-12(14)16/h1-6,9H,7-8,17H2. The molecule has 0 saturated carbocycles. The van der Waals surface area contributed by atoms with E-state index in [1.54, 1.807) is 23.9 Å². The molecule has 0 amide bonds. The number of rotatable bonds is 5. The quantitative estimate of drug-likeness (QED) is 0.491. The molecule has 0 bridgehead atoms. The lowest BCUT2D eigenvalue weighted by atomic mass is 10.3. The Labute approximate surface area is 126 Å². The molecule has 2 nitrogen and oxygen atoms in total. The zero-order valence-corrected chi connectivity index (χ0v) is 12.4. The van der Waals surface area contributed by atoms with Crippen LogP contribution in [0.15, 0.2) is 47.4 Å². The van der Waals surface area contributed by atoms with Gasteiger partial charge in [0.05, 0.1) is 16.7 Å². The van der Waals surface area contributed by atoms with Crippen molar-refractivity contribution in [3.63, 3.8) is 0 Å². The van der Waals surface area contributed by atoms with Crippen LogP contribution < -0.4 is 10.5 Å². The molecule has 2 aromatic carbocycles. The Morgan fingerprint density at radius 1 is 1.05 bits per heavy atom. The second kappa shape index (κ2) is 6.94. The summed E-state index contributed by atoms with van der Waals surface area (Å²) in [6, 6.07) is 12.9. The Kier molecular flexibility index (Phi) is 5.25. The summed E-state index contributed by atoms with van der Waals surface area (Å²) in [7, 11) is 0. The fourth-order valence-corrected chi connectivity index (χ4v) is 2.79. The first-order valence-electron chi connectivity index (χ1n) is 5.72. The summed E-state index contributed by atoms with van der Waals surface area (Å²) in [5.74, 6) is 1.49. The molecule has 0 unspecified atom stereocenters. The number of nitrogen functional groups attached to an aromatic ring is 1. The van der Waals surface area contributed by atoms with Gasteiger partial charge in [0.25, 0.3) is 0 Å². The monoisotopic (exact) mass is 313 g/mol. The first-order chi connectivity index (χ1) is 9.16. The number of benzene rings is 2. The van der Waals surface area contributed by atoms with Gasteiger partial charge in [-0.1, -0.05) is 35.3 Å². The van der Waals surface area contributed by atoms with Crippen molar-refractivity contribution in [1.82, 2.24) is 0 Å². The van der Waals surface area contributed by atoms with Crippen LogP contribution in [0.2, 0.25) is 10.0 Å². The molecule has 2 rings (SSSR count). The average molecular weight is 314 g/mol. The predicted octanol–water partition coefficient (Wildman–Crippen LogP) is 4.75. The van der Waals surface area contributed by atoms with E-state index < -0.39 is 0 Å². The van der Waals surface area contributed by atoms with E-state index in [0.29, 0.717) is 28.1 Å². The lowest BCUT2D eigenvalue weighted by Gasteiger charge is -2.08. The summed E-state index contributed by atoms with van der Waals surface area (Å²) in [6.07, 6.45) is 0. The van der Waals surface area contributed by atoms with Gasteiger partial charge in [-0.3, -0.25) is 0 Å². The Bertz CT molecular complexity index is 563. The van der Waals surface area contributed by atoms with E-state index in [0.717, 1.165) is 10.6 Å². The number of nitrogens with two attached hydrogens (primary N) is 1. The molecule has 5 heteroatoms. The topological polar surface area (TPSA) is 35.2 Å². The van der Waals surface area contributed by atoms with Crippen LogP contribution in [0.4, 0.5) is 5.69 Å². The second-order valence-corrected chi connectivity index (χ2v) is 5.77. The third-order valence-electron chi connectivity index (χ3n) is 2.39. The second-order valence-electron chi connectivity index (χ2n) is 3.82. The van der Waals surface area contributed by atoms with Gasteiger partial charge in [-0.25, -0.2) is 0 Å². The summed E-state index contributed by atoms with van der Waals surface area (Å²) in [6.45, 7) is 0.565. The summed E-state index contributed by atoms with van der Waals surface area (Å²) < 4.78 is 5.60. The zero-order chi connectivity index (χ0) is 13.7. The van der Waals surface area contributed by atoms with Crippen LogP contribution >= 0.6 is 35.0 Å². The highest BCUT2D eigenvalue weighted by atomic mass is 35.5. The fourth-order valence-electron chi connectivity index (χ4n) is 1.50. The van der Waals surface area contributed by atoms with Gasteiger partial charge in [-0.05, 0) is 30.3 Å². The van der Waals surface area contributed by atoms with Gasteiger partial charge in [-0.2, -0.15) is 0 Å². The molecular formula is C14H13Cl2NOS. The van der Waals surface area contributed by atoms with E-state index in [1.807, 2.05) is 30.3 Å². The molecule has 0 aromatic heterocycles. The van der Waals surface area contributed by atoms with Gasteiger partial charge in [0.2, 0.25) is 0 Å². The molecule has 0 aliphatic heterocycles. The number of hydrogen-bond acceptors (Lipinski definition) is 3. The lowest BCUT2D eigenvalue weighted by molar-refractivity contribution is 0.344. The first-order valence-corrected chi connectivity index (χ1v) is 7.46. The van der Waals surface area contributed by atoms with E-state index in [1.165, 1.54) is 0 Å². The van der Waals surface area contributed by atoms with Crippen LogP contribution in [-0.4, -0.2) is 12.4 Å². The molecular weight excluding hydrogens is 301 g/mol. The molecule has 2 aromatic rings. The van der Waals surface area contributed by atoms with Crippen molar-refractivity contribution in [2.45, 2.75) is 4.90 Å². The summed E-state index contributed by atoms with van der Waals surface area (Å²) >= 11 is 13.7. The molecule has 100 valence electrons. The maximum Gasteiger partial charge on any atom is 0.137 e. The molecule has 0 heterocycles. The van der Waals surface area contributed by atoms with E-state index in [4.69, 9.17) is 33.7 Å². The maximum atomic E-state index is 6.09. The third-order valence-corrected chi connectivity index (χ3v) is 4.17. The first kappa shape index (κ1) is 14.4. The Morgan fingerprint density at radius 2 is 1.84 bits per heavy atom. The number of hydrogen-bond donors (Lipinski definition) is 1. The van der Waals surface area contributed by atoms with Crippen molar-refractivity contribution in [2.75, 3.05) is 18.1 Å². The minimum Gasteiger partial charge on any atom is -0.491 e. The highest BCUT2D eigenvalue weighted by Crippen LogP contribution is 2.29. The molecule has 19 heavy (non-hydrogen) atoms. The molecule has 0 saturated heterocycles. The summed E-state index contributed by atoms with van der Waals surface area (Å²) in [5.41, 5.74) is 6.31. The van der Waals surface area contributed by atoms with E-state index in [-0.39, 0.29) is 0 Å². The van der Waals surface area contributed by atoms with Crippen molar-refractivity contribution in [3.8, 4) is 5.75 Å². The minimum atomic E-state index is 0.565. The number of ether oxygens (including phenoxy) is 1. The van der Waals surface area contributed by atoms with Gasteiger partial charge in [0.15, 0.2) is 0 Å². The molecule has 0 spiro atoms. The maximum absolute atomic E-state index is 6.09. The van der Waals surface area contributed by atoms with E-state index >= 15 is 0 Å². The minimum absolute atomic E-state index is 0.565. The van der Waals surface area contributed by atoms with Gasteiger partial charge in [0, 0.05) is 16.3 Å². The molecule has 0 atom stereocenters. The number of para-hydroxylation sites is 1. The van der Waals surface area contributed by atoms with Gasteiger partial charge >= 0.3 is 0 Å². The van der Waals surface area contributed by atoms with Gasteiger partial charge in [-0.15, -0.1) is 11.8 Å². The van der Waals surface area contributed by atoms with Crippen LogP contribution in [0.3, 0.4) is 0 Å². The largest absolute Gasteiger partial charge is 0.491 e. The Balaban J connectivity index is 1.83. The molecule has 0 fully saturated rings. The molecule has 0 aliphatic rings. The van der Waals surface area contributed by atoms with Crippen molar-refractivity contribution >= 4 is 40.7 Å². The van der Waals surface area contributed by atoms with Crippen LogP contribution in [-0.2, 0) is 0 Å². The number of thioether (sulfide) groups is 1. The van der Waals surface area contributed by atoms with Crippen LogP contribution in [0.25, 0.3) is 0 Å². The number of anilines is 1. The van der Waals surface area contributed by atoms with Crippen molar-refractivity contribution in [3.05, 3.63) is 52.5 Å². The molecule has 2 N–H and O–H groups in total. The highest BCUT2D eigenvalue weighted by Gasteiger charge is 2.03. The third kappa shape index (κ3) is 4.23. The summed E-state index contributed by atoms with van der Waals surface area (Å²) in [5, 5.41) is 1.29. The zero-order valence-electron chi connectivity index (χ0n) is 10.1. The van der Waals surface area contributed by atoms with Crippen molar-refractivity contribution in [1.29, 1.82) is 0 Å². The predicted molar refractivity (Wildman–Crippen MR) is 83.5 cm³/mol. The average Bonchev–Trinajstić information content (AvgIpc) is 2.38. The van der Waals surface area contributed by atoms with E-state index in [2.05, 4.69) is 0 Å². The fraction of sp³-hybridized carbons (Fsp3) is 0.143.